The number of aliphatic imine (C=N–C) groups is 1. The molecule has 25 heavy (non-hydrogen) atoms. The van der Waals surface area contributed by atoms with Crippen molar-refractivity contribution in [2.24, 2.45) is 10.7 Å². The number of aryl methyl sites for hydroxylation is 1. The van der Waals surface area contributed by atoms with E-state index < -0.39 is 9.84 Å². The van der Waals surface area contributed by atoms with Gasteiger partial charge < -0.3 is 11.1 Å². The standard InChI is InChI=1S/C19H23N3O2S/c20-19(21-13-14-25(23,24)16-9-2-1-3-10-16)22-18-12-6-8-15-7-4-5-11-17(15)18/h1-3,6,8-10,12H,4-5,7,11,13-14H2,(H3,20,21,22). The van der Waals surface area contributed by atoms with Gasteiger partial charge in [-0.25, -0.2) is 8.42 Å². The van der Waals surface area contributed by atoms with Crippen LogP contribution in [-0.4, -0.2) is 26.7 Å². The van der Waals surface area contributed by atoms with Gasteiger partial charge in [0, 0.05) is 5.69 Å². The van der Waals surface area contributed by atoms with Crippen LogP contribution >= 0.6 is 0 Å². The Morgan fingerprint density at radius 2 is 1.80 bits per heavy atom. The van der Waals surface area contributed by atoms with Gasteiger partial charge in [0.15, 0.2) is 15.8 Å². The molecule has 0 aromatic heterocycles. The van der Waals surface area contributed by atoms with E-state index in [-0.39, 0.29) is 18.3 Å². The molecule has 0 amide bonds. The van der Waals surface area contributed by atoms with Crippen molar-refractivity contribution in [3.63, 3.8) is 0 Å². The predicted octanol–water partition coefficient (Wildman–Crippen LogP) is 2.77. The van der Waals surface area contributed by atoms with Gasteiger partial charge in [0.1, 0.15) is 0 Å². The Balaban J connectivity index is 1.63. The summed E-state index contributed by atoms with van der Waals surface area (Å²) in [5.41, 5.74) is 9.58. The number of nitrogens with two attached hydrogens (primary N) is 1. The highest BCUT2D eigenvalue weighted by molar-refractivity contribution is 7.91. The summed E-state index contributed by atoms with van der Waals surface area (Å²) < 4.78 is 24.5. The maximum absolute atomic E-state index is 12.2. The molecule has 132 valence electrons. The number of nitrogens with one attached hydrogen (secondary N) is 1. The van der Waals surface area contributed by atoms with Crippen LogP contribution < -0.4 is 11.1 Å². The molecule has 0 atom stereocenters. The number of anilines is 1. The van der Waals surface area contributed by atoms with Gasteiger partial charge in [-0.1, -0.05) is 30.3 Å². The summed E-state index contributed by atoms with van der Waals surface area (Å²) in [5, 5.41) is 3.13. The number of sulfone groups is 1. The van der Waals surface area contributed by atoms with Gasteiger partial charge in [0.05, 0.1) is 17.2 Å². The molecular weight excluding hydrogens is 334 g/mol. The molecule has 3 N–H and O–H groups in total. The second-order valence-electron chi connectivity index (χ2n) is 6.17. The van der Waals surface area contributed by atoms with Crippen LogP contribution in [0.25, 0.3) is 0 Å². The summed E-state index contributed by atoms with van der Waals surface area (Å²) in [7, 11) is -3.33. The summed E-state index contributed by atoms with van der Waals surface area (Å²) in [4.78, 5) is 4.50. The largest absolute Gasteiger partial charge is 0.370 e. The van der Waals surface area contributed by atoms with Crippen molar-refractivity contribution in [1.29, 1.82) is 0 Å². The lowest BCUT2D eigenvalue weighted by Gasteiger charge is -2.19. The Morgan fingerprint density at radius 1 is 1.04 bits per heavy atom. The van der Waals surface area contributed by atoms with Crippen molar-refractivity contribution in [3.05, 3.63) is 59.7 Å². The van der Waals surface area contributed by atoms with Gasteiger partial charge in [-0.15, -0.1) is 0 Å². The first-order valence-corrected chi connectivity index (χ1v) is 10.2. The topological polar surface area (TPSA) is 84.5 Å². The molecule has 0 saturated carbocycles. The Morgan fingerprint density at radius 3 is 2.60 bits per heavy atom. The van der Waals surface area contributed by atoms with E-state index >= 15 is 0 Å². The maximum Gasteiger partial charge on any atom is 0.193 e. The zero-order chi connectivity index (χ0) is 17.7. The third kappa shape index (κ3) is 4.39. The van der Waals surface area contributed by atoms with Crippen molar-refractivity contribution >= 4 is 21.5 Å². The summed E-state index contributed by atoms with van der Waals surface area (Å²) in [5.74, 6) is 0.189. The summed E-state index contributed by atoms with van der Waals surface area (Å²) in [6, 6.07) is 14.6. The van der Waals surface area contributed by atoms with Gasteiger partial charge in [-0.3, -0.25) is 4.99 Å². The molecule has 3 rings (SSSR count). The number of guanidine groups is 1. The van der Waals surface area contributed by atoms with Crippen molar-refractivity contribution in [2.75, 3.05) is 17.6 Å². The zero-order valence-corrected chi connectivity index (χ0v) is 14.9. The van der Waals surface area contributed by atoms with Gasteiger partial charge in [-0.05, 0) is 55.0 Å². The minimum atomic E-state index is -3.33. The van der Waals surface area contributed by atoms with E-state index in [1.807, 2.05) is 12.1 Å². The first-order chi connectivity index (χ1) is 12.1. The Hall–Kier alpha value is -2.34. The van der Waals surface area contributed by atoms with E-state index in [1.165, 1.54) is 24.0 Å². The quantitative estimate of drug-likeness (QED) is 0.636. The number of nitrogens with zero attached hydrogens (tertiary/aromatic N) is 1. The number of benzene rings is 2. The van der Waals surface area contributed by atoms with Crippen LogP contribution in [0.1, 0.15) is 24.0 Å². The smallest absolute Gasteiger partial charge is 0.193 e. The number of hydrogen-bond donors (Lipinski definition) is 2. The van der Waals surface area contributed by atoms with Gasteiger partial charge in [0.2, 0.25) is 0 Å². The molecule has 2 aromatic carbocycles. The first-order valence-electron chi connectivity index (χ1n) is 8.52. The van der Waals surface area contributed by atoms with E-state index in [2.05, 4.69) is 16.4 Å². The van der Waals surface area contributed by atoms with E-state index in [0.717, 1.165) is 18.5 Å². The maximum atomic E-state index is 12.2. The van der Waals surface area contributed by atoms with Crippen LogP contribution in [0, 0.1) is 0 Å². The van der Waals surface area contributed by atoms with Crippen molar-refractivity contribution in [1.82, 2.24) is 0 Å². The molecule has 1 aliphatic carbocycles. The minimum Gasteiger partial charge on any atom is -0.370 e. The fraction of sp³-hybridized carbons (Fsp3) is 0.316. The summed E-state index contributed by atoms with van der Waals surface area (Å²) in [6.07, 6.45) is 4.53. The SMILES string of the molecule is NC(=NCCS(=O)(=O)c1ccccc1)Nc1cccc2c1CCCC2. The Kier molecular flexibility index (Phi) is 5.38. The van der Waals surface area contributed by atoms with Crippen LogP contribution in [0.2, 0.25) is 0 Å². The van der Waals surface area contributed by atoms with E-state index in [9.17, 15) is 8.42 Å². The van der Waals surface area contributed by atoms with Crippen LogP contribution in [0.3, 0.4) is 0 Å². The van der Waals surface area contributed by atoms with E-state index in [0.29, 0.717) is 4.90 Å². The average molecular weight is 357 g/mol. The Labute approximate surface area is 148 Å². The molecule has 5 nitrogen and oxygen atoms in total. The average Bonchev–Trinajstić information content (AvgIpc) is 2.63. The number of rotatable bonds is 5. The molecule has 0 spiro atoms. The molecule has 2 aromatic rings. The molecule has 0 heterocycles. The lowest BCUT2D eigenvalue weighted by atomic mass is 9.90. The molecule has 0 saturated heterocycles. The monoisotopic (exact) mass is 357 g/mol. The highest BCUT2D eigenvalue weighted by Gasteiger charge is 2.14. The normalized spacial score (nSPS) is 14.8. The van der Waals surface area contributed by atoms with Gasteiger partial charge in [-0.2, -0.15) is 0 Å². The summed E-state index contributed by atoms with van der Waals surface area (Å²) in [6.45, 7) is 0.130. The van der Waals surface area contributed by atoms with Crippen molar-refractivity contribution in [2.45, 2.75) is 30.6 Å². The lowest BCUT2D eigenvalue weighted by Crippen LogP contribution is -2.25. The number of hydrogen-bond acceptors (Lipinski definition) is 3. The van der Waals surface area contributed by atoms with Crippen molar-refractivity contribution < 1.29 is 8.42 Å². The van der Waals surface area contributed by atoms with Crippen molar-refractivity contribution in [3.8, 4) is 0 Å². The molecular formula is C19H23N3O2S. The second-order valence-corrected chi connectivity index (χ2v) is 8.28. The molecule has 0 bridgehead atoms. The third-order valence-electron chi connectivity index (χ3n) is 4.40. The molecule has 0 aliphatic heterocycles. The van der Waals surface area contributed by atoms with Crippen LogP contribution in [0.4, 0.5) is 5.69 Å². The molecule has 0 fully saturated rings. The van der Waals surface area contributed by atoms with Crippen LogP contribution in [0.5, 0.6) is 0 Å². The molecule has 0 unspecified atom stereocenters. The molecule has 6 heteroatoms. The van der Waals surface area contributed by atoms with Gasteiger partial charge in [0.25, 0.3) is 0 Å². The Bertz CT molecular complexity index is 861. The second kappa shape index (κ2) is 7.70. The van der Waals surface area contributed by atoms with Crippen LogP contribution in [0.15, 0.2) is 58.4 Å². The van der Waals surface area contributed by atoms with E-state index in [1.54, 1.807) is 30.3 Å². The third-order valence-corrected chi connectivity index (χ3v) is 6.11. The van der Waals surface area contributed by atoms with Gasteiger partial charge >= 0.3 is 0 Å². The highest BCUT2D eigenvalue weighted by Crippen LogP contribution is 2.27. The fourth-order valence-electron chi connectivity index (χ4n) is 3.11. The lowest BCUT2D eigenvalue weighted by molar-refractivity contribution is 0.596. The molecule has 0 radical (unpaired) electrons. The summed E-state index contributed by atoms with van der Waals surface area (Å²) >= 11 is 0. The molecule has 1 aliphatic rings. The zero-order valence-electron chi connectivity index (χ0n) is 14.1. The number of fused-ring (bicyclic) bond motifs is 1. The minimum absolute atomic E-state index is 0.0632. The van der Waals surface area contributed by atoms with Crippen LogP contribution in [-0.2, 0) is 22.7 Å². The highest BCUT2D eigenvalue weighted by atomic mass is 32.2. The van der Waals surface area contributed by atoms with E-state index in [4.69, 9.17) is 5.73 Å². The predicted molar refractivity (Wildman–Crippen MR) is 102 cm³/mol. The fourth-order valence-corrected chi connectivity index (χ4v) is 4.25. The first kappa shape index (κ1) is 17.5.